The number of hydrogen-bond acceptors (Lipinski definition) is 6. The Hall–Kier alpha value is -3.15. The molecule has 0 aliphatic carbocycles. The van der Waals surface area contributed by atoms with E-state index in [4.69, 9.17) is 9.47 Å². The van der Waals surface area contributed by atoms with Crippen LogP contribution in [0.5, 0.6) is 11.5 Å². The van der Waals surface area contributed by atoms with Crippen molar-refractivity contribution >= 4 is 17.5 Å². The van der Waals surface area contributed by atoms with E-state index in [0.717, 1.165) is 0 Å². The highest BCUT2D eigenvalue weighted by atomic mass is 16.6. The van der Waals surface area contributed by atoms with Gasteiger partial charge >= 0.3 is 5.97 Å². The number of phenols is 1. The van der Waals surface area contributed by atoms with E-state index in [-0.39, 0.29) is 22.8 Å². The van der Waals surface area contributed by atoms with Gasteiger partial charge in [-0.3, -0.25) is 9.59 Å². The summed E-state index contributed by atoms with van der Waals surface area (Å²) in [4.78, 5) is 36.6. The highest BCUT2D eigenvalue weighted by Gasteiger charge is 2.22. The van der Waals surface area contributed by atoms with Crippen LogP contribution in [0, 0.1) is 0 Å². The van der Waals surface area contributed by atoms with Gasteiger partial charge in [-0.1, -0.05) is 36.4 Å². The summed E-state index contributed by atoms with van der Waals surface area (Å²) < 4.78 is 10.5. The summed E-state index contributed by atoms with van der Waals surface area (Å²) >= 11 is 0. The van der Waals surface area contributed by atoms with Crippen molar-refractivity contribution in [3.63, 3.8) is 0 Å². The van der Waals surface area contributed by atoms with E-state index in [0.29, 0.717) is 5.56 Å². The molecule has 2 rings (SSSR count). The maximum atomic E-state index is 12.6. The van der Waals surface area contributed by atoms with Gasteiger partial charge in [0.2, 0.25) is 0 Å². The molecule has 0 spiro atoms. The van der Waals surface area contributed by atoms with Crippen LogP contribution in [-0.4, -0.2) is 34.9 Å². The molecule has 0 fully saturated rings. The lowest BCUT2D eigenvalue weighted by atomic mass is 10.0. The highest BCUT2D eigenvalue weighted by molar-refractivity contribution is 6.15. The molecule has 2 aromatic carbocycles. The Morgan fingerprint density at radius 3 is 2.22 bits per heavy atom. The van der Waals surface area contributed by atoms with Gasteiger partial charge in [0.25, 0.3) is 0 Å². The van der Waals surface area contributed by atoms with Gasteiger partial charge < -0.3 is 14.6 Å². The largest absolute Gasteiger partial charge is 0.507 e. The van der Waals surface area contributed by atoms with Crippen LogP contribution in [-0.2, 0) is 9.53 Å². The van der Waals surface area contributed by atoms with Crippen LogP contribution in [0.1, 0.15) is 47.9 Å². The zero-order valence-electron chi connectivity index (χ0n) is 15.5. The number of ketones is 2. The van der Waals surface area contributed by atoms with Crippen LogP contribution in [0.3, 0.4) is 0 Å². The molecule has 27 heavy (non-hydrogen) atoms. The number of Topliss-reactive ketones (excluding diaryl/α,β-unsaturated/α-hetero) is 2. The molecule has 1 N–H and O–H groups in total. The Labute approximate surface area is 157 Å². The summed E-state index contributed by atoms with van der Waals surface area (Å²) in [5.41, 5.74) is -0.400. The number of aromatic hydroxyl groups is 1. The fraction of sp³-hybridized carbons (Fsp3) is 0.286. The lowest BCUT2D eigenvalue weighted by molar-refractivity contribution is -0.157. The van der Waals surface area contributed by atoms with Gasteiger partial charge in [0.1, 0.15) is 22.7 Å². The van der Waals surface area contributed by atoms with Gasteiger partial charge in [0, 0.05) is 5.56 Å². The zero-order chi connectivity index (χ0) is 20.0. The van der Waals surface area contributed by atoms with E-state index in [2.05, 4.69) is 0 Å². The second-order valence-electron chi connectivity index (χ2n) is 6.91. The maximum absolute atomic E-state index is 12.6. The first-order valence-corrected chi connectivity index (χ1v) is 8.45. The van der Waals surface area contributed by atoms with E-state index in [1.165, 1.54) is 18.2 Å². The molecule has 0 radical (unpaired) electrons. The molecule has 0 bridgehead atoms. The Morgan fingerprint density at radius 2 is 1.59 bits per heavy atom. The van der Waals surface area contributed by atoms with Crippen LogP contribution in [0.2, 0.25) is 0 Å². The van der Waals surface area contributed by atoms with E-state index in [1.807, 2.05) is 0 Å². The van der Waals surface area contributed by atoms with Crippen molar-refractivity contribution in [2.24, 2.45) is 0 Å². The lowest BCUT2D eigenvalue weighted by Gasteiger charge is -2.20. The average molecular weight is 370 g/mol. The minimum Gasteiger partial charge on any atom is -0.507 e. The number of rotatable bonds is 7. The van der Waals surface area contributed by atoms with E-state index >= 15 is 0 Å². The molecule has 0 heterocycles. The molecule has 0 atom stereocenters. The minimum atomic E-state index is -0.667. The number of benzene rings is 2. The van der Waals surface area contributed by atoms with Gasteiger partial charge in [-0.05, 0) is 32.9 Å². The summed E-state index contributed by atoms with van der Waals surface area (Å²) in [6.07, 6.45) is -0.426. The fourth-order valence-corrected chi connectivity index (χ4v) is 2.39. The number of hydrogen-bond donors (Lipinski definition) is 1. The first-order valence-electron chi connectivity index (χ1n) is 8.45. The van der Waals surface area contributed by atoms with E-state index in [1.54, 1.807) is 51.1 Å². The van der Waals surface area contributed by atoms with Gasteiger partial charge in [-0.2, -0.15) is 0 Å². The third-order valence-electron chi connectivity index (χ3n) is 3.47. The van der Waals surface area contributed by atoms with E-state index < -0.39 is 30.4 Å². The third-order valence-corrected chi connectivity index (χ3v) is 3.47. The Bertz CT molecular complexity index is 833. The minimum absolute atomic E-state index is 0.0201. The summed E-state index contributed by atoms with van der Waals surface area (Å²) in [7, 11) is 0. The Kier molecular flexibility index (Phi) is 6.34. The van der Waals surface area contributed by atoms with Crippen molar-refractivity contribution in [2.45, 2.75) is 32.8 Å². The standard InChI is InChI=1S/C21H22O6/c1-21(2,3)27-19(25)13-26-18-11-7-10-15(22)20(18)17(24)12-16(23)14-8-5-4-6-9-14/h4-11,22H,12-13H2,1-3H3. The first-order chi connectivity index (χ1) is 12.7. The molecule has 0 aliphatic heterocycles. The molecule has 0 aromatic heterocycles. The first kappa shape index (κ1) is 20.2. The molecular weight excluding hydrogens is 348 g/mol. The molecule has 0 saturated heterocycles. The monoisotopic (exact) mass is 370 g/mol. The van der Waals surface area contributed by atoms with Crippen molar-refractivity contribution in [3.05, 3.63) is 59.7 Å². The third kappa shape index (κ3) is 5.95. The quantitative estimate of drug-likeness (QED) is 0.455. The van der Waals surface area contributed by atoms with Crippen molar-refractivity contribution in [3.8, 4) is 11.5 Å². The number of carbonyl (C=O) groups is 3. The number of phenolic OH excluding ortho intramolecular Hbond substituents is 1. The SMILES string of the molecule is CC(C)(C)OC(=O)COc1cccc(O)c1C(=O)CC(=O)c1ccccc1. The molecular formula is C21H22O6. The zero-order valence-corrected chi connectivity index (χ0v) is 15.5. The smallest absolute Gasteiger partial charge is 0.344 e. The van der Waals surface area contributed by atoms with Crippen LogP contribution >= 0.6 is 0 Å². The molecule has 0 amide bonds. The predicted octanol–water partition coefficient (Wildman–Crippen LogP) is 3.57. The maximum Gasteiger partial charge on any atom is 0.344 e. The van der Waals surface area contributed by atoms with Crippen LogP contribution < -0.4 is 4.74 Å². The second-order valence-corrected chi connectivity index (χ2v) is 6.91. The summed E-state index contributed by atoms with van der Waals surface area (Å²) in [5, 5.41) is 10.1. The van der Waals surface area contributed by atoms with Gasteiger partial charge in [-0.15, -0.1) is 0 Å². The highest BCUT2D eigenvalue weighted by Crippen LogP contribution is 2.29. The van der Waals surface area contributed by atoms with Gasteiger partial charge in [0.15, 0.2) is 18.2 Å². The Morgan fingerprint density at radius 1 is 0.926 bits per heavy atom. The van der Waals surface area contributed by atoms with Crippen LogP contribution in [0.15, 0.2) is 48.5 Å². The molecule has 6 nitrogen and oxygen atoms in total. The molecule has 142 valence electrons. The van der Waals surface area contributed by atoms with Crippen molar-refractivity contribution in [1.82, 2.24) is 0 Å². The number of ether oxygens (including phenoxy) is 2. The summed E-state index contributed by atoms with van der Waals surface area (Å²) in [6.45, 7) is 4.75. The van der Waals surface area contributed by atoms with Crippen LogP contribution in [0.25, 0.3) is 0 Å². The van der Waals surface area contributed by atoms with Crippen molar-refractivity contribution < 1.29 is 29.0 Å². The lowest BCUT2D eigenvalue weighted by Crippen LogP contribution is -2.27. The van der Waals surface area contributed by atoms with Crippen molar-refractivity contribution in [1.29, 1.82) is 0 Å². The van der Waals surface area contributed by atoms with Crippen molar-refractivity contribution in [2.75, 3.05) is 6.61 Å². The molecule has 2 aromatic rings. The number of carbonyl (C=O) groups excluding carboxylic acids is 3. The molecule has 0 aliphatic rings. The summed E-state index contributed by atoms with van der Waals surface area (Å²) in [6, 6.07) is 12.6. The van der Waals surface area contributed by atoms with Crippen LogP contribution in [0.4, 0.5) is 0 Å². The molecule has 0 unspecified atom stereocenters. The summed E-state index contributed by atoms with van der Waals surface area (Å²) in [5.74, 6) is -1.87. The molecule has 0 saturated carbocycles. The normalized spacial score (nSPS) is 10.9. The molecule has 6 heteroatoms. The second kappa shape index (κ2) is 8.49. The fourth-order valence-electron chi connectivity index (χ4n) is 2.39. The average Bonchev–Trinajstić information content (AvgIpc) is 2.59. The Balaban J connectivity index is 2.13. The van der Waals surface area contributed by atoms with Gasteiger partial charge in [-0.25, -0.2) is 4.79 Å². The predicted molar refractivity (Wildman–Crippen MR) is 99.2 cm³/mol. The number of esters is 1. The van der Waals surface area contributed by atoms with Gasteiger partial charge in [0.05, 0.1) is 6.42 Å². The van der Waals surface area contributed by atoms with E-state index in [9.17, 15) is 19.5 Å². The topological polar surface area (TPSA) is 89.9 Å².